The van der Waals surface area contributed by atoms with Crippen LogP contribution in [0.1, 0.15) is 16.1 Å². The molecule has 2 aromatic rings. The molecule has 1 aromatic carbocycles. The predicted molar refractivity (Wildman–Crippen MR) is 67.8 cm³/mol. The third kappa shape index (κ3) is 3.12. The summed E-state index contributed by atoms with van der Waals surface area (Å²) >= 11 is 0. The van der Waals surface area contributed by atoms with Gasteiger partial charge in [0.1, 0.15) is 24.4 Å². The van der Waals surface area contributed by atoms with Crippen LogP contribution >= 0.6 is 0 Å². The average Bonchev–Trinajstić information content (AvgIpc) is 2.93. The molecule has 2 rings (SSSR count). The quantitative estimate of drug-likeness (QED) is 0.368. The van der Waals surface area contributed by atoms with Crippen molar-refractivity contribution in [2.45, 2.75) is 6.61 Å². The van der Waals surface area contributed by atoms with Gasteiger partial charge >= 0.3 is 0 Å². The summed E-state index contributed by atoms with van der Waals surface area (Å²) in [7, 11) is 0. The highest BCUT2D eigenvalue weighted by molar-refractivity contribution is 5.93. The van der Waals surface area contributed by atoms with Gasteiger partial charge < -0.3 is 9.15 Å². The molecule has 8 nitrogen and oxygen atoms in total. The van der Waals surface area contributed by atoms with Crippen LogP contribution in [0.5, 0.6) is 5.75 Å². The lowest BCUT2D eigenvalue weighted by atomic mass is 10.3. The van der Waals surface area contributed by atoms with Crippen LogP contribution in [0.15, 0.2) is 41.0 Å². The van der Waals surface area contributed by atoms with Crippen molar-refractivity contribution in [3.63, 3.8) is 0 Å². The molecule has 0 aliphatic heterocycles. The Balaban J connectivity index is 1.96. The number of carbonyl (C=O) groups excluding carboxylic acids is 1. The molecule has 0 atom stereocenters. The topological polar surface area (TPSA) is 121 Å². The first-order valence-corrected chi connectivity index (χ1v) is 5.56. The number of nitrogen functional groups attached to an aromatic ring is 1. The van der Waals surface area contributed by atoms with E-state index in [0.717, 1.165) is 0 Å². The van der Waals surface area contributed by atoms with Crippen molar-refractivity contribution in [3.8, 4) is 5.75 Å². The Morgan fingerprint density at radius 3 is 2.70 bits per heavy atom. The summed E-state index contributed by atoms with van der Waals surface area (Å²) in [6.45, 7) is 0.0929. The van der Waals surface area contributed by atoms with Gasteiger partial charge in [0.2, 0.25) is 0 Å². The predicted octanol–water partition coefficient (Wildman–Crippen LogP) is 1.37. The molecule has 104 valence electrons. The third-order valence-electron chi connectivity index (χ3n) is 2.48. The zero-order chi connectivity index (χ0) is 14.5. The molecule has 0 unspecified atom stereocenters. The molecule has 0 radical (unpaired) electrons. The van der Waals surface area contributed by atoms with Gasteiger partial charge in [0, 0.05) is 12.1 Å². The summed E-state index contributed by atoms with van der Waals surface area (Å²) in [4.78, 5) is 21.2. The number of benzene rings is 1. The standard InChI is InChI=1S/C12H11N3O5/c13-14-12(16)8-5-11(19-6-8)7-20-10-3-1-9(2-4-10)15(17)18/h1-6H,7,13H2,(H,14,16). The first kappa shape index (κ1) is 13.6. The number of carbonyl (C=O) groups is 1. The van der Waals surface area contributed by atoms with E-state index < -0.39 is 10.8 Å². The second kappa shape index (κ2) is 5.85. The van der Waals surface area contributed by atoms with Gasteiger partial charge in [-0.1, -0.05) is 0 Å². The van der Waals surface area contributed by atoms with Crippen molar-refractivity contribution >= 4 is 11.6 Å². The highest BCUT2D eigenvalue weighted by Gasteiger charge is 2.09. The number of furan rings is 1. The molecule has 0 spiro atoms. The van der Waals surface area contributed by atoms with E-state index in [4.69, 9.17) is 15.0 Å². The van der Waals surface area contributed by atoms with Crippen molar-refractivity contribution in [2.75, 3.05) is 0 Å². The van der Waals surface area contributed by atoms with Gasteiger partial charge in [-0.3, -0.25) is 20.3 Å². The van der Waals surface area contributed by atoms with Crippen molar-refractivity contribution < 1.29 is 18.9 Å². The molecule has 0 aliphatic rings. The molecule has 1 amide bonds. The van der Waals surface area contributed by atoms with E-state index in [-0.39, 0.29) is 17.9 Å². The number of hydrogen-bond donors (Lipinski definition) is 2. The zero-order valence-electron chi connectivity index (χ0n) is 10.2. The minimum Gasteiger partial charge on any atom is -0.486 e. The molecule has 0 fully saturated rings. The normalized spacial score (nSPS) is 10.1. The molecular formula is C12H11N3O5. The minimum atomic E-state index is -0.492. The summed E-state index contributed by atoms with van der Waals surface area (Å²) < 4.78 is 10.5. The molecule has 1 heterocycles. The lowest BCUT2D eigenvalue weighted by Gasteiger charge is -2.03. The smallest absolute Gasteiger partial charge is 0.269 e. The number of amides is 1. The van der Waals surface area contributed by atoms with Gasteiger partial charge in [-0.15, -0.1) is 0 Å². The second-order valence-corrected chi connectivity index (χ2v) is 3.81. The average molecular weight is 277 g/mol. The summed E-state index contributed by atoms with van der Waals surface area (Å²) in [5, 5.41) is 10.5. The number of nitro groups is 1. The van der Waals surface area contributed by atoms with Crippen molar-refractivity contribution in [2.24, 2.45) is 5.84 Å². The number of non-ortho nitro benzene ring substituents is 1. The Kier molecular flexibility index (Phi) is 3.96. The summed E-state index contributed by atoms with van der Waals surface area (Å²) in [6.07, 6.45) is 1.26. The van der Waals surface area contributed by atoms with Gasteiger partial charge in [-0.2, -0.15) is 0 Å². The van der Waals surface area contributed by atoms with E-state index in [1.54, 1.807) is 0 Å². The summed E-state index contributed by atoms with van der Waals surface area (Å²) in [6, 6.07) is 7.13. The monoisotopic (exact) mass is 277 g/mol. The van der Waals surface area contributed by atoms with Gasteiger partial charge in [0.05, 0.1) is 10.5 Å². The number of hydrogen-bond acceptors (Lipinski definition) is 6. The molecule has 1 aromatic heterocycles. The van der Waals surface area contributed by atoms with E-state index in [2.05, 4.69) is 0 Å². The second-order valence-electron chi connectivity index (χ2n) is 3.81. The van der Waals surface area contributed by atoms with E-state index in [1.807, 2.05) is 5.43 Å². The van der Waals surface area contributed by atoms with Crippen LogP contribution in [0.25, 0.3) is 0 Å². The van der Waals surface area contributed by atoms with Gasteiger partial charge in [-0.05, 0) is 18.2 Å². The van der Waals surface area contributed by atoms with Crippen molar-refractivity contribution in [1.82, 2.24) is 5.43 Å². The van der Waals surface area contributed by atoms with Crippen LogP contribution in [-0.4, -0.2) is 10.8 Å². The summed E-state index contributed by atoms with van der Waals surface area (Å²) in [5.74, 6) is 5.41. The Morgan fingerprint density at radius 1 is 1.40 bits per heavy atom. The first-order valence-electron chi connectivity index (χ1n) is 5.56. The summed E-state index contributed by atoms with van der Waals surface area (Å²) in [5.41, 5.74) is 2.25. The zero-order valence-corrected chi connectivity index (χ0v) is 10.2. The van der Waals surface area contributed by atoms with E-state index in [0.29, 0.717) is 11.5 Å². The van der Waals surface area contributed by atoms with Crippen LogP contribution in [0, 0.1) is 10.1 Å². The Labute approximate surface area is 113 Å². The number of nitrogens with one attached hydrogen (secondary N) is 1. The van der Waals surface area contributed by atoms with E-state index in [9.17, 15) is 14.9 Å². The van der Waals surface area contributed by atoms with Gasteiger partial charge in [-0.25, -0.2) is 5.84 Å². The fourth-order valence-electron chi connectivity index (χ4n) is 1.48. The number of nitrogens with zero attached hydrogens (tertiary/aromatic N) is 1. The molecule has 3 N–H and O–H groups in total. The number of ether oxygens (including phenoxy) is 1. The van der Waals surface area contributed by atoms with Crippen LogP contribution in [0.3, 0.4) is 0 Å². The minimum absolute atomic E-state index is 0.0164. The van der Waals surface area contributed by atoms with Crippen molar-refractivity contribution in [1.29, 1.82) is 0 Å². The number of nitro benzene ring substituents is 1. The first-order chi connectivity index (χ1) is 9.60. The van der Waals surface area contributed by atoms with E-state index in [1.165, 1.54) is 36.6 Å². The van der Waals surface area contributed by atoms with Gasteiger partial charge in [0.15, 0.2) is 0 Å². The highest BCUT2D eigenvalue weighted by atomic mass is 16.6. The molecular weight excluding hydrogens is 266 g/mol. The molecule has 0 saturated heterocycles. The molecule has 8 heteroatoms. The lowest BCUT2D eigenvalue weighted by Crippen LogP contribution is -2.29. The van der Waals surface area contributed by atoms with Crippen LogP contribution < -0.4 is 16.0 Å². The van der Waals surface area contributed by atoms with E-state index >= 15 is 0 Å². The maximum atomic E-state index is 11.2. The Hall–Kier alpha value is -2.87. The molecule has 0 aliphatic carbocycles. The molecule has 0 saturated carbocycles. The maximum absolute atomic E-state index is 11.2. The highest BCUT2D eigenvalue weighted by Crippen LogP contribution is 2.19. The fourth-order valence-corrected chi connectivity index (χ4v) is 1.48. The Morgan fingerprint density at radius 2 is 2.10 bits per heavy atom. The fraction of sp³-hybridized carbons (Fsp3) is 0.0833. The van der Waals surface area contributed by atoms with Crippen molar-refractivity contribution in [3.05, 3.63) is 58.0 Å². The van der Waals surface area contributed by atoms with Crippen LogP contribution in [0.4, 0.5) is 5.69 Å². The van der Waals surface area contributed by atoms with Crippen LogP contribution in [-0.2, 0) is 6.61 Å². The maximum Gasteiger partial charge on any atom is 0.269 e. The largest absolute Gasteiger partial charge is 0.486 e. The SMILES string of the molecule is NNC(=O)c1coc(COc2ccc([N+](=O)[O-])cc2)c1. The number of hydrazine groups is 1. The lowest BCUT2D eigenvalue weighted by molar-refractivity contribution is -0.384. The Bertz CT molecular complexity index is 620. The molecule has 0 bridgehead atoms. The molecule has 20 heavy (non-hydrogen) atoms. The third-order valence-corrected chi connectivity index (χ3v) is 2.48. The number of rotatable bonds is 5. The van der Waals surface area contributed by atoms with Gasteiger partial charge in [0.25, 0.3) is 11.6 Å². The van der Waals surface area contributed by atoms with Crippen LogP contribution in [0.2, 0.25) is 0 Å². The number of nitrogens with two attached hydrogens (primary N) is 1.